The summed E-state index contributed by atoms with van der Waals surface area (Å²) in [7, 11) is 0. The Labute approximate surface area is 173 Å². The fourth-order valence-electron chi connectivity index (χ4n) is 3.54. The van der Waals surface area contributed by atoms with Gasteiger partial charge in [-0.3, -0.25) is 4.79 Å². The van der Waals surface area contributed by atoms with Gasteiger partial charge < -0.3 is 14.5 Å². The fourth-order valence-corrected chi connectivity index (χ4v) is 3.54. The largest absolute Gasteiger partial charge is 0.493 e. The quantitative estimate of drug-likeness (QED) is 0.542. The van der Waals surface area contributed by atoms with Gasteiger partial charge in [-0.15, -0.1) is 10.2 Å². The molecule has 5 rings (SSSR count). The second-order valence-electron chi connectivity index (χ2n) is 7.06. The molecule has 2 heterocycles. The van der Waals surface area contributed by atoms with Crippen molar-refractivity contribution < 1.29 is 13.9 Å². The third-order valence-electron chi connectivity index (χ3n) is 5.10. The highest BCUT2D eigenvalue weighted by Crippen LogP contribution is 2.32. The molecule has 1 aromatic heterocycles. The van der Waals surface area contributed by atoms with Crippen molar-refractivity contribution in [2.24, 2.45) is 0 Å². The zero-order valence-electron chi connectivity index (χ0n) is 16.1. The minimum absolute atomic E-state index is 0.0634. The average Bonchev–Trinajstić information content (AvgIpc) is 3.30. The van der Waals surface area contributed by atoms with Gasteiger partial charge >= 0.3 is 0 Å². The number of hydrogen-bond acceptors (Lipinski definition) is 5. The summed E-state index contributed by atoms with van der Waals surface area (Å²) in [4.78, 5) is 12.8. The van der Waals surface area contributed by atoms with Gasteiger partial charge in [0.15, 0.2) is 0 Å². The number of aromatic nitrogens is 2. The zero-order valence-corrected chi connectivity index (χ0v) is 16.1. The van der Waals surface area contributed by atoms with Crippen LogP contribution in [0, 0.1) is 0 Å². The van der Waals surface area contributed by atoms with Crippen LogP contribution in [-0.4, -0.2) is 22.7 Å². The number of nitrogens with zero attached hydrogens (tertiary/aromatic N) is 2. The lowest BCUT2D eigenvalue weighted by Crippen LogP contribution is -2.32. The molecule has 1 aliphatic heterocycles. The molecule has 0 aliphatic carbocycles. The summed E-state index contributed by atoms with van der Waals surface area (Å²) in [5, 5.41) is 11.3. The predicted molar refractivity (Wildman–Crippen MR) is 112 cm³/mol. The minimum Gasteiger partial charge on any atom is -0.493 e. The van der Waals surface area contributed by atoms with Gasteiger partial charge in [0.2, 0.25) is 11.8 Å². The van der Waals surface area contributed by atoms with Crippen LogP contribution in [-0.2, 0) is 0 Å². The van der Waals surface area contributed by atoms with E-state index in [0.29, 0.717) is 24.0 Å². The van der Waals surface area contributed by atoms with Crippen LogP contribution in [0.25, 0.3) is 22.9 Å². The van der Waals surface area contributed by atoms with Crippen molar-refractivity contribution in [3.63, 3.8) is 0 Å². The Kier molecular flexibility index (Phi) is 4.73. The van der Waals surface area contributed by atoms with Crippen LogP contribution in [0.2, 0.25) is 0 Å². The van der Waals surface area contributed by atoms with Crippen LogP contribution < -0.4 is 10.1 Å². The molecule has 6 nitrogen and oxygen atoms in total. The molecule has 0 saturated heterocycles. The van der Waals surface area contributed by atoms with E-state index in [1.54, 1.807) is 12.1 Å². The molecule has 30 heavy (non-hydrogen) atoms. The van der Waals surface area contributed by atoms with Crippen LogP contribution in [0.15, 0.2) is 83.3 Å². The summed E-state index contributed by atoms with van der Waals surface area (Å²) in [6, 6.07) is 24.5. The molecule has 3 aromatic carbocycles. The zero-order chi connectivity index (χ0) is 20.3. The van der Waals surface area contributed by atoms with E-state index in [9.17, 15) is 4.79 Å². The topological polar surface area (TPSA) is 77.2 Å². The van der Waals surface area contributed by atoms with Gasteiger partial charge in [-0.05, 0) is 42.5 Å². The van der Waals surface area contributed by atoms with Gasteiger partial charge in [0.25, 0.3) is 5.91 Å². The lowest BCUT2D eigenvalue weighted by atomic mass is 10.00. The van der Waals surface area contributed by atoms with Gasteiger partial charge in [-0.2, -0.15) is 0 Å². The molecule has 1 aliphatic rings. The number of hydrogen-bond donors (Lipinski definition) is 1. The van der Waals surface area contributed by atoms with Gasteiger partial charge in [0, 0.05) is 28.7 Å². The normalized spacial score (nSPS) is 15.1. The van der Waals surface area contributed by atoms with Crippen molar-refractivity contribution >= 4 is 5.91 Å². The summed E-state index contributed by atoms with van der Waals surface area (Å²) < 4.78 is 11.4. The molecular weight excluding hydrogens is 378 g/mol. The van der Waals surface area contributed by atoms with Crippen molar-refractivity contribution in [1.82, 2.24) is 15.5 Å². The number of rotatable bonds is 4. The molecule has 6 heteroatoms. The van der Waals surface area contributed by atoms with Crippen molar-refractivity contribution in [3.8, 4) is 28.7 Å². The van der Waals surface area contributed by atoms with E-state index in [1.165, 1.54) is 0 Å². The molecule has 0 bridgehead atoms. The summed E-state index contributed by atoms with van der Waals surface area (Å²) in [6.07, 6.45) is 0.741. The predicted octanol–water partition coefficient (Wildman–Crippen LogP) is 4.66. The summed E-state index contributed by atoms with van der Waals surface area (Å²) >= 11 is 0. The Morgan fingerprint density at radius 3 is 2.27 bits per heavy atom. The van der Waals surface area contributed by atoms with E-state index in [1.807, 2.05) is 66.7 Å². The number of amides is 1. The maximum Gasteiger partial charge on any atom is 0.251 e. The average molecular weight is 397 g/mol. The molecule has 1 atom stereocenters. The molecule has 1 N–H and O–H groups in total. The SMILES string of the molecule is O=C(N[C@H]1CCOc2ccccc21)c1ccc(-c2nnc(-c3ccccc3)o2)cc1. The molecule has 0 radical (unpaired) electrons. The molecule has 0 unspecified atom stereocenters. The molecule has 4 aromatic rings. The molecule has 0 saturated carbocycles. The summed E-state index contributed by atoms with van der Waals surface area (Å²) in [6.45, 7) is 0.585. The van der Waals surface area contributed by atoms with Crippen molar-refractivity contribution in [1.29, 1.82) is 0 Å². The highest BCUT2D eigenvalue weighted by Gasteiger charge is 2.23. The Hall–Kier alpha value is -3.93. The standard InChI is InChI=1S/C24H19N3O3/c28-22(25-20-14-15-29-21-9-5-4-8-19(20)21)16-10-12-18(13-11-16)24-27-26-23(30-24)17-6-2-1-3-7-17/h1-13,20H,14-15H2,(H,25,28)/t20-/m0/s1. The second kappa shape index (κ2) is 7.83. The van der Waals surface area contributed by atoms with Gasteiger partial charge in [0.1, 0.15) is 5.75 Å². The van der Waals surface area contributed by atoms with Gasteiger partial charge in [0.05, 0.1) is 12.6 Å². The number of para-hydroxylation sites is 1. The van der Waals surface area contributed by atoms with Crippen molar-refractivity contribution in [2.45, 2.75) is 12.5 Å². The fraction of sp³-hybridized carbons (Fsp3) is 0.125. The number of benzene rings is 3. The Balaban J connectivity index is 1.31. The van der Waals surface area contributed by atoms with Gasteiger partial charge in [-0.25, -0.2) is 0 Å². The van der Waals surface area contributed by atoms with Crippen LogP contribution in [0.5, 0.6) is 5.75 Å². The van der Waals surface area contributed by atoms with Crippen LogP contribution in [0.1, 0.15) is 28.4 Å². The first-order valence-electron chi connectivity index (χ1n) is 9.80. The Bertz CT molecular complexity index is 1170. The van der Waals surface area contributed by atoms with Crippen LogP contribution in [0.4, 0.5) is 0 Å². The molecule has 1 amide bonds. The number of fused-ring (bicyclic) bond motifs is 1. The van der Waals surface area contributed by atoms with Crippen molar-refractivity contribution in [2.75, 3.05) is 6.61 Å². The third kappa shape index (κ3) is 3.55. The van der Waals surface area contributed by atoms with Crippen LogP contribution >= 0.6 is 0 Å². The van der Waals surface area contributed by atoms with Crippen LogP contribution in [0.3, 0.4) is 0 Å². The first kappa shape index (κ1) is 18.1. The second-order valence-corrected chi connectivity index (χ2v) is 7.06. The van der Waals surface area contributed by atoms with Crippen molar-refractivity contribution in [3.05, 3.63) is 90.0 Å². The molecule has 148 valence electrons. The monoisotopic (exact) mass is 397 g/mol. The maximum absolute atomic E-state index is 12.8. The minimum atomic E-state index is -0.126. The number of ether oxygens (including phenoxy) is 1. The highest BCUT2D eigenvalue weighted by molar-refractivity contribution is 5.94. The van der Waals surface area contributed by atoms with E-state index in [0.717, 1.165) is 28.9 Å². The highest BCUT2D eigenvalue weighted by atomic mass is 16.5. The maximum atomic E-state index is 12.8. The number of carbonyl (C=O) groups excluding carboxylic acids is 1. The van der Waals surface area contributed by atoms with E-state index < -0.39 is 0 Å². The summed E-state index contributed by atoms with van der Waals surface area (Å²) in [5.74, 6) is 1.58. The molecular formula is C24H19N3O3. The van der Waals surface area contributed by atoms with Gasteiger partial charge in [-0.1, -0.05) is 36.4 Å². The number of nitrogens with one attached hydrogen (secondary N) is 1. The lowest BCUT2D eigenvalue weighted by molar-refractivity contribution is 0.0925. The van der Waals surface area contributed by atoms with E-state index in [-0.39, 0.29) is 11.9 Å². The summed E-state index contributed by atoms with van der Waals surface area (Å²) in [5.41, 5.74) is 3.21. The smallest absolute Gasteiger partial charge is 0.251 e. The first-order chi connectivity index (χ1) is 14.8. The van der Waals surface area contributed by atoms with E-state index >= 15 is 0 Å². The van der Waals surface area contributed by atoms with E-state index in [4.69, 9.17) is 9.15 Å². The molecule has 0 spiro atoms. The Morgan fingerprint density at radius 2 is 1.50 bits per heavy atom. The van der Waals surface area contributed by atoms with E-state index in [2.05, 4.69) is 15.5 Å². The molecule has 0 fully saturated rings. The number of carbonyl (C=O) groups is 1. The first-order valence-corrected chi connectivity index (χ1v) is 9.80. The third-order valence-corrected chi connectivity index (χ3v) is 5.10. The Morgan fingerprint density at radius 1 is 0.833 bits per heavy atom. The lowest BCUT2D eigenvalue weighted by Gasteiger charge is -2.26.